The number of aromatic nitrogens is 4. The molecule has 2 aliphatic rings. The minimum absolute atomic E-state index is 0.601. The molecule has 2 fully saturated rings. The quantitative estimate of drug-likeness (QED) is 0.841. The number of hydrogen-bond donors (Lipinski definition) is 0. The van der Waals surface area contributed by atoms with E-state index in [9.17, 15) is 0 Å². The summed E-state index contributed by atoms with van der Waals surface area (Å²) in [6, 6.07) is 5.39. The Kier molecular flexibility index (Phi) is 4.15. The summed E-state index contributed by atoms with van der Waals surface area (Å²) in [4.78, 5) is 13.6. The van der Waals surface area contributed by atoms with E-state index in [0.29, 0.717) is 12.1 Å². The number of likely N-dealkylation sites (tertiary alicyclic amines) is 1. The number of rotatable bonds is 5. The number of hydrogen-bond acceptors (Lipinski definition) is 6. The van der Waals surface area contributed by atoms with Crippen molar-refractivity contribution in [2.75, 3.05) is 18.0 Å². The van der Waals surface area contributed by atoms with E-state index in [4.69, 9.17) is 0 Å². The highest BCUT2D eigenvalue weighted by molar-refractivity contribution is 5.41. The summed E-state index contributed by atoms with van der Waals surface area (Å²) >= 11 is 0. The van der Waals surface area contributed by atoms with Gasteiger partial charge in [0.15, 0.2) is 0 Å². The van der Waals surface area contributed by atoms with E-state index in [-0.39, 0.29) is 0 Å². The monoisotopic (exact) mass is 310 g/mol. The van der Waals surface area contributed by atoms with Gasteiger partial charge in [-0.15, -0.1) is 0 Å². The molecule has 1 aliphatic heterocycles. The molecule has 0 bridgehead atoms. The first-order valence-electron chi connectivity index (χ1n) is 8.42. The molecule has 0 spiro atoms. The Morgan fingerprint density at radius 2 is 1.83 bits per heavy atom. The normalized spacial score (nSPS) is 19.7. The van der Waals surface area contributed by atoms with Crippen LogP contribution in [0.3, 0.4) is 0 Å². The van der Waals surface area contributed by atoms with E-state index in [2.05, 4.69) is 36.0 Å². The van der Waals surface area contributed by atoms with E-state index in [1.807, 2.05) is 18.5 Å². The van der Waals surface area contributed by atoms with Gasteiger partial charge in [-0.1, -0.05) is 0 Å². The van der Waals surface area contributed by atoms with Crippen LogP contribution in [0.5, 0.6) is 0 Å². The predicted molar refractivity (Wildman–Crippen MR) is 87.9 cm³/mol. The van der Waals surface area contributed by atoms with E-state index < -0.39 is 0 Å². The molecule has 6 heteroatoms. The SMILES string of the molecule is c1cc(N(C2CC2)C2CCN(Cc3ccnnc3)CC2)ncn1. The highest BCUT2D eigenvalue weighted by Crippen LogP contribution is 2.35. The van der Waals surface area contributed by atoms with Gasteiger partial charge in [0.25, 0.3) is 0 Å². The van der Waals surface area contributed by atoms with E-state index in [1.165, 1.54) is 31.2 Å². The van der Waals surface area contributed by atoms with Crippen LogP contribution >= 0.6 is 0 Å². The molecule has 6 nitrogen and oxygen atoms in total. The smallest absolute Gasteiger partial charge is 0.132 e. The lowest BCUT2D eigenvalue weighted by Crippen LogP contribution is -2.46. The lowest BCUT2D eigenvalue weighted by Gasteiger charge is -2.39. The maximum atomic E-state index is 4.49. The van der Waals surface area contributed by atoms with Crippen molar-refractivity contribution in [1.29, 1.82) is 0 Å². The van der Waals surface area contributed by atoms with Gasteiger partial charge in [-0.3, -0.25) is 4.90 Å². The summed E-state index contributed by atoms with van der Waals surface area (Å²) < 4.78 is 0. The van der Waals surface area contributed by atoms with Gasteiger partial charge in [-0.2, -0.15) is 10.2 Å². The summed E-state index contributed by atoms with van der Waals surface area (Å²) in [5.74, 6) is 1.10. The highest BCUT2D eigenvalue weighted by Gasteiger charge is 2.36. The van der Waals surface area contributed by atoms with Crippen LogP contribution in [0, 0.1) is 0 Å². The third-order valence-corrected chi connectivity index (χ3v) is 4.77. The van der Waals surface area contributed by atoms with Gasteiger partial charge in [0.2, 0.25) is 0 Å². The largest absolute Gasteiger partial charge is 0.350 e. The maximum Gasteiger partial charge on any atom is 0.132 e. The second-order valence-electron chi connectivity index (χ2n) is 6.46. The highest BCUT2D eigenvalue weighted by atomic mass is 15.3. The van der Waals surface area contributed by atoms with Gasteiger partial charge in [-0.25, -0.2) is 9.97 Å². The first-order valence-corrected chi connectivity index (χ1v) is 8.42. The van der Waals surface area contributed by atoms with Crippen molar-refractivity contribution in [2.24, 2.45) is 0 Å². The zero-order valence-corrected chi connectivity index (χ0v) is 13.3. The molecule has 0 N–H and O–H groups in total. The maximum absolute atomic E-state index is 4.49. The lowest BCUT2D eigenvalue weighted by atomic mass is 10.0. The zero-order valence-electron chi connectivity index (χ0n) is 13.3. The fraction of sp³-hybridized carbons (Fsp3) is 0.529. The molecule has 2 aromatic rings. The Bertz CT molecular complexity index is 607. The van der Waals surface area contributed by atoms with Crippen molar-refractivity contribution in [2.45, 2.75) is 44.3 Å². The average Bonchev–Trinajstić information content (AvgIpc) is 3.44. The fourth-order valence-corrected chi connectivity index (χ4v) is 3.49. The molecular formula is C17H22N6. The van der Waals surface area contributed by atoms with Crippen LogP contribution in [0.15, 0.2) is 37.1 Å². The second kappa shape index (κ2) is 6.58. The Hall–Kier alpha value is -2.08. The Morgan fingerprint density at radius 1 is 1.00 bits per heavy atom. The van der Waals surface area contributed by atoms with Crippen molar-refractivity contribution in [3.05, 3.63) is 42.6 Å². The van der Waals surface area contributed by atoms with E-state index >= 15 is 0 Å². The number of nitrogens with zero attached hydrogens (tertiary/aromatic N) is 6. The number of anilines is 1. The molecule has 3 heterocycles. The van der Waals surface area contributed by atoms with Gasteiger partial charge in [0, 0.05) is 44.1 Å². The molecule has 0 aromatic carbocycles. The van der Waals surface area contributed by atoms with Crippen LogP contribution in [-0.4, -0.2) is 50.2 Å². The number of piperidine rings is 1. The fourth-order valence-electron chi connectivity index (χ4n) is 3.49. The minimum atomic E-state index is 0.601. The molecule has 1 saturated heterocycles. The molecular weight excluding hydrogens is 288 g/mol. The van der Waals surface area contributed by atoms with Crippen molar-refractivity contribution in [1.82, 2.24) is 25.1 Å². The van der Waals surface area contributed by atoms with Gasteiger partial charge in [0.05, 0.1) is 6.20 Å². The first kappa shape index (κ1) is 14.5. The molecule has 1 saturated carbocycles. The molecule has 2 aromatic heterocycles. The lowest BCUT2D eigenvalue weighted by molar-refractivity contribution is 0.200. The molecule has 1 aliphatic carbocycles. The van der Waals surface area contributed by atoms with Crippen LogP contribution in [0.25, 0.3) is 0 Å². The summed E-state index contributed by atoms with van der Waals surface area (Å²) in [6.07, 6.45) is 12.1. The van der Waals surface area contributed by atoms with Crippen molar-refractivity contribution < 1.29 is 0 Å². The van der Waals surface area contributed by atoms with Gasteiger partial charge in [-0.05, 0) is 43.4 Å². The Balaban J connectivity index is 1.38. The van der Waals surface area contributed by atoms with E-state index in [0.717, 1.165) is 25.5 Å². The summed E-state index contributed by atoms with van der Waals surface area (Å²) in [7, 11) is 0. The van der Waals surface area contributed by atoms with Crippen LogP contribution in [-0.2, 0) is 6.54 Å². The Labute approximate surface area is 136 Å². The molecule has 4 rings (SSSR count). The second-order valence-corrected chi connectivity index (χ2v) is 6.46. The average molecular weight is 310 g/mol. The third-order valence-electron chi connectivity index (χ3n) is 4.77. The molecule has 0 unspecified atom stereocenters. The molecule has 0 amide bonds. The summed E-state index contributed by atoms with van der Waals surface area (Å²) in [5.41, 5.74) is 1.24. The van der Waals surface area contributed by atoms with Crippen molar-refractivity contribution >= 4 is 5.82 Å². The van der Waals surface area contributed by atoms with Gasteiger partial charge >= 0.3 is 0 Å². The summed E-state index contributed by atoms with van der Waals surface area (Å²) in [5, 5.41) is 7.81. The molecule has 0 atom stereocenters. The van der Waals surface area contributed by atoms with Crippen molar-refractivity contribution in [3.63, 3.8) is 0 Å². The standard InChI is InChI=1S/C17H22N6/c1-2-15(1)23(17-4-7-18-13-19-17)16-5-9-22(10-6-16)12-14-3-8-20-21-11-14/h3-4,7-8,11,13,15-16H,1-2,5-6,9-10,12H2. The van der Waals surface area contributed by atoms with Gasteiger partial charge < -0.3 is 4.90 Å². The molecule has 0 radical (unpaired) electrons. The topological polar surface area (TPSA) is 58.0 Å². The van der Waals surface area contributed by atoms with Crippen LogP contribution < -0.4 is 4.90 Å². The Morgan fingerprint density at radius 3 is 2.48 bits per heavy atom. The molecule has 23 heavy (non-hydrogen) atoms. The first-order chi connectivity index (χ1) is 11.4. The van der Waals surface area contributed by atoms with Gasteiger partial charge in [0.1, 0.15) is 12.1 Å². The predicted octanol–water partition coefficient (Wildman–Crippen LogP) is 1.90. The van der Waals surface area contributed by atoms with E-state index in [1.54, 1.807) is 12.5 Å². The van der Waals surface area contributed by atoms with Crippen LogP contribution in [0.4, 0.5) is 5.82 Å². The third kappa shape index (κ3) is 3.47. The van der Waals surface area contributed by atoms with Crippen LogP contribution in [0.1, 0.15) is 31.2 Å². The van der Waals surface area contributed by atoms with Crippen molar-refractivity contribution in [3.8, 4) is 0 Å². The molecule has 120 valence electrons. The zero-order chi connectivity index (χ0) is 15.5. The summed E-state index contributed by atoms with van der Waals surface area (Å²) in [6.45, 7) is 3.22. The van der Waals surface area contributed by atoms with Crippen LogP contribution in [0.2, 0.25) is 0 Å². The minimum Gasteiger partial charge on any atom is -0.350 e.